The van der Waals surface area contributed by atoms with Crippen molar-refractivity contribution in [2.45, 2.75) is 12.5 Å². The van der Waals surface area contributed by atoms with Gasteiger partial charge in [-0.25, -0.2) is 0 Å². The van der Waals surface area contributed by atoms with E-state index in [1.165, 1.54) is 5.56 Å². The van der Waals surface area contributed by atoms with E-state index in [1.54, 1.807) is 0 Å². The average Bonchev–Trinajstić information content (AvgIpc) is 2.47. The van der Waals surface area contributed by atoms with Crippen LogP contribution in [0.5, 0.6) is 0 Å². The molecular weight excluding hydrogens is 162 g/mol. The minimum atomic E-state index is 0.378. The molecule has 1 aliphatic rings. The van der Waals surface area contributed by atoms with Crippen molar-refractivity contribution in [3.8, 4) is 0 Å². The van der Waals surface area contributed by atoms with Gasteiger partial charge in [-0.3, -0.25) is 0 Å². The minimum absolute atomic E-state index is 0.378. The van der Waals surface area contributed by atoms with E-state index in [0.29, 0.717) is 6.04 Å². The Hall–Kier alpha value is -0.860. The van der Waals surface area contributed by atoms with Crippen molar-refractivity contribution < 1.29 is 4.74 Å². The van der Waals surface area contributed by atoms with Gasteiger partial charge in [0.2, 0.25) is 0 Å². The van der Waals surface area contributed by atoms with Crippen LogP contribution >= 0.6 is 0 Å². The molecule has 0 amide bonds. The lowest BCUT2D eigenvalue weighted by atomic mass is 10.1. The molecule has 1 heterocycles. The molecule has 2 heteroatoms. The van der Waals surface area contributed by atoms with Crippen molar-refractivity contribution in [1.82, 2.24) is 5.32 Å². The highest BCUT2D eigenvalue weighted by Gasteiger charge is 2.12. The van der Waals surface area contributed by atoms with Gasteiger partial charge in [0.25, 0.3) is 0 Å². The Morgan fingerprint density at radius 3 is 2.92 bits per heavy atom. The van der Waals surface area contributed by atoms with Gasteiger partial charge in [0.15, 0.2) is 0 Å². The molecule has 1 unspecified atom stereocenters. The largest absolute Gasteiger partial charge is 0.379 e. The van der Waals surface area contributed by atoms with Crippen LogP contribution in [0.25, 0.3) is 0 Å². The van der Waals surface area contributed by atoms with Crippen LogP contribution in [-0.4, -0.2) is 19.8 Å². The van der Waals surface area contributed by atoms with E-state index in [1.807, 2.05) is 6.07 Å². The monoisotopic (exact) mass is 177 g/mol. The highest BCUT2D eigenvalue weighted by atomic mass is 16.5. The van der Waals surface area contributed by atoms with Crippen molar-refractivity contribution >= 4 is 0 Å². The Kier molecular flexibility index (Phi) is 2.95. The Balaban J connectivity index is 2.06. The molecule has 0 radical (unpaired) electrons. The summed E-state index contributed by atoms with van der Waals surface area (Å²) < 4.78 is 5.50. The molecule has 0 saturated carbocycles. The van der Waals surface area contributed by atoms with Crippen LogP contribution < -0.4 is 5.32 Å². The minimum Gasteiger partial charge on any atom is -0.379 e. The van der Waals surface area contributed by atoms with Gasteiger partial charge in [-0.05, 0) is 18.5 Å². The average molecular weight is 177 g/mol. The van der Waals surface area contributed by atoms with Gasteiger partial charge >= 0.3 is 0 Å². The highest BCUT2D eigenvalue weighted by Crippen LogP contribution is 2.14. The van der Waals surface area contributed by atoms with Gasteiger partial charge in [-0.15, -0.1) is 0 Å². The first-order valence-electron chi connectivity index (χ1n) is 4.83. The molecule has 0 spiro atoms. The number of rotatable bonds is 1. The second kappa shape index (κ2) is 4.40. The molecule has 1 saturated heterocycles. The van der Waals surface area contributed by atoms with Gasteiger partial charge in [0, 0.05) is 6.61 Å². The van der Waals surface area contributed by atoms with Crippen molar-refractivity contribution in [1.29, 1.82) is 0 Å². The molecule has 0 bridgehead atoms. The van der Waals surface area contributed by atoms with E-state index in [2.05, 4.69) is 29.6 Å². The zero-order valence-corrected chi connectivity index (χ0v) is 7.70. The number of nitrogens with one attached hydrogen (secondary N) is 1. The number of hydrogen-bond donors (Lipinski definition) is 1. The Morgan fingerprint density at radius 1 is 1.23 bits per heavy atom. The Bertz CT molecular complexity index is 240. The molecule has 1 fully saturated rings. The lowest BCUT2D eigenvalue weighted by molar-refractivity contribution is 0.131. The van der Waals surface area contributed by atoms with Gasteiger partial charge in [0.05, 0.1) is 12.6 Å². The zero-order valence-electron chi connectivity index (χ0n) is 7.70. The fourth-order valence-corrected chi connectivity index (χ4v) is 1.61. The lowest BCUT2D eigenvalue weighted by Gasteiger charge is -2.14. The summed E-state index contributed by atoms with van der Waals surface area (Å²) in [6.45, 7) is 2.74. The molecule has 1 aromatic carbocycles. The zero-order chi connectivity index (χ0) is 8.93. The summed E-state index contributed by atoms with van der Waals surface area (Å²) in [6, 6.07) is 10.9. The van der Waals surface area contributed by atoms with E-state index < -0.39 is 0 Å². The maximum atomic E-state index is 5.50. The number of hydrogen-bond acceptors (Lipinski definition) is 2. The Morgan fingerprint density at radius 2 is 2.08 bits per heavy atom. The molecule has 1 atom stereocenters. The maximum Gasteiger partial charge on any atom is 0.0661 e. The van der Waals surface area contributed by atoms with Gasteiger partial charge in [-0.2, -0.15) is 0 Å². The van der Waals surface area contributed by atoms with Crippen LogP contribution in [0.3, 0.4) is 0 Å². The summed E-state index contributed by atoms with van der Waals surface area (Å²) in [6.07, 6.45) is 1.11. The summed E-state index contributed by atoms with van der Waals surface area (Å²) in [5, 5.41) is 3.47. The van der Waals surface area contributed by atoms with Crippen LogP contribution in [0.4, 0.5) is 0 Å². The number of benzene rings is 1. The molecule has 13 heavy (non-hydrogen) atoms. The van der Waals surface area contributed by atoms with Crippen LogP contribution in [0.1, 0.15) is 18.0 Å². The summed E-state index contributed by atoms with van der Waals surface area (Å²) >= 11 is 0. The van der Waals surface area contributed by atoms with E-state index in [9.17, 15) is 0 Å². The first-order chi connectivity index (χ1) is 6.47. The van der Waals surface area contributed by atoms with Crippen molar-refractivity contribution in [2.75, 3.05) is 19.8 Å². The van der Waals surface area contributed by atoms with Gasteiger partial charge < -0.3 is 10.1 Å². The predicted molar refractivity (Wildman–Crippen MR) is 52.6 cm³/mol. The standard InChI is InChI=1S/C11H15NO/c1-2-5-10(6-3-1)11-9-13-8-4-7-12-11/h1-3,5-6,11-12H,4,7-9H2. The summed E-state index contributed by atoms with van der Waals surface area (Å²) in [4.78, 5) is 0. The molecule has 0 aliphatic carbocycles. The van der Waals surface area contributed by atoms with Crippen molar-refractivity contribution in [3.63, 3.8) is 0 Å². The molecule has 1 aliphatic heterocycles. The molecular formula is C11H15NO. The number of ether oxygens (including phenoxy) is 1. The topological polar surface area (TPSA) is 21.3 Å². The molecule has 70 valence electrons. The summed E-state index contributed by atoms with van der Waals surface area (Å²) in [5.41, 5.74) is 1.32. The second-order valence-corrected chi connectivity index (χ2v) is 3.35. The van der Waals surface area contributed by atoms with E-state index in [-0.39, 0.29) is 0 Å². The molecule has 1 N–H and O–H groups in total. The molecule has 2 nitrogen and oxygen atoms in total. The normalized spacial score (nSPS) is 23.8. The van der Waals surface area contributed by atoms with Crippen LogP contribution in [0.2, 0.25) is 0 Å². The van der Waals surface area contributed by atoms with Crippen molar-refractivity contribution in [2.24, 2.45) is 0 Å². The maximum absolute atomic E-state index is 5.50. The Labute approximate surface area is 78.9 Å². The second-order valence-electron chi connectivity index (χ2n) is 3.35. The van der Waals surface area contributed by atoms with Crippen LogP contribution in [0, 0.1) is 0 Å². The summed E-state index contributed by atoms with van der Waals surface area (Å²) in [7, 11) is 0. The van der Waals surface area contributed by atoms with E-state index in [4.69, 9.17) is 4.74 Å². The van der Waals surface area contributed by atoms with Crippen molar-refractivity contribution in [3.05, 3.63) is 35.9 Å². The molecule has 1 aromatic rings. The quantitative estimate of drug-likeness (QED) is 0.705. The van der Waals surface area contributed by atoms with E-state index in [0.717, 1.165) is 26.2 Å². The smallest absolute Gasteiger partial charge is 0.0661 e. The fourth-order valence-electron chi connectivity index (χ4n) is 1.61. The highest BCUT2D eigenvalue weighted by molar-refractivity contribution is 5.18. The van der Waals surface area contributed by atoms with E-state index >= 15 is 0 Å². The molecule has 0 aromatic heterocycles. The lowest BCUT2D eigenvalue weighted by Crippen LogP contribution is -2.23. The third-order valence-corrected chi connectivity index (χ3v) is 2.34. The van der Waals surface area contributed by atoms with Gasteiger partial charge in [0.1, 0.15) is 0 Å². The first-order valence-corrected chi connectivity index (χ1v) is 4.83. The predicted octanol–water partition coefficient (Wildman–Crippen LogP) is 1.74. The first kappa shape index (κ1) is 8.73. The van der Waals surface area contributed by atoms with Crippen LogP contribution in [0.15, 0.2) is 30.3 Å². The third kappa shape index (κ3) is 2.29. The summed E-state index contributed by atoms with van der Waals surface area (Å²) in [5.74, 6) is 0. The fraction of sp³-hybridized carbons (Fsp3) is 0.455. The van der Waals surface area contributed by atoms with Gasteiger partial charge in [-0.1, -0.05) is 30.3 Å². The SMILES string of the molecule is c1ccc(C2COCCCN2)cc1. The third-order valence-electron chi connectivity index (χ3n) is 2.34. The molecule has 2 rings (SSSR count). The van der Waals surface area contributed by atoms with Crippen LogP contribution in [-0.2, 0) is 4.74 Å².